The highest BCUT2D eigenvalue weighted by Gasteiger charge is 2.24. The topological polar surface area (TPSA) is 49.8 Å². The summed E-state index contributed by atoms with van der Waals surface area (Å²) in [5.74, 6) is 0.531. The first-order chi connectivity index (χ1) is 12.5. The predicted octanol–water partition coefficient (Wildman–Crippen LogP) is 4.78. The molecule has 138 valence electrons. The van der Waals surface area contributed by atoms with E-state index in [2.05, 4.69) is 17.9 Å². The molecule has 0 unspecified atom stereocenters. The lowest BCUT2D eigenvalue weighted by atomic mass is 10.1. The van der Waals surface area contributed by atoms with Crippen LogP contribution in [0.4, 0.5) is 5.69 Å². The second-order valence-electron chi connectivity index (χ2n) is 6.77. The molecule has 1 aliphatic carbocycles. The molecular formula is C21H24ClNO3. The van der Waals surface area contributed by atoms with E-state index in [1.807, 2.05) is 24.3 Å². The number of ether oxygens (including phenoxy) is 1. The van der Waals surface area contributed by atoms with Crippen molar-refractivity contribution in [3.05, 3.63) is 58.6 Å². The summed E-state index contributed by atoms with van der Waals surface area (Å²) in [5.41, 5.74) is 2.77. The van der Waals surface area contributed by atoms with Gasteiger partial charge in [-0.25, -0.2) is 0 Å². The van der Waals surface area contributed by atoms with Crippen molar-refractivity contribution in [2.45, 2.75) is 32.8 Å². The first-order valence-corrected chi connectivity index (χ1v) is 9.40. The number of hydrogen-bond donors (Lipinski definition) is 1. The zero-order valence-corrected chi connectivity index (χ0v) is 15.7. The summed E-state index contributed by atoms with van der Waals surface area (Å²) in [6, 6.07) is 13.2. The molecule has 2 aromatic rings. The van der Waals surface area contributed by atoms with Crippen molar-refractivity contribution in [3.8, 4) is 5.75 Å². The fourth-order valence-corrected chi connectivity index (χ4v) is 3.30. The largest absolute Gasteiger partial charge is 0.489 e. The van der Waals surface area contributed by atoms with Crippen LogP contribution in [0.3, 0.4) is 0 Å². The highest BCUT2D eigenvalue weighted by Crippen LogP contribution is 2.32. The highest BCUT2D eigenvalue weighted by molar-refractivity contribution is 6.30. The first kappa shape index (κ1) is 18.6. The number of hydrogen-bond acceptors (Lipinski definition) is 3. The van der Waals surface area contributed by atoms with Gasteiger partial charge in [0.25, 0.3) is 0 Å². The van der Waals surface area contributed by atoms with E-state index in [9.17, 15) is 4.79 Å². The van der Waals surface area contributed by atoms with Crippen molar-refractivity contribution in [1.29, 1.82) is 0 Å². The molecular weight excluding hydrogens is 350 g/mol. The van der Waals surface area contributed by atoms with Crippen LogP contribution >= 0.6 is 11.6 Å². The summed E-state index contributed by atoms with van der Waals surface area (Å²) in [6.45, 7) is 4.52. The highest BCUT2D eigenvalue weighted by atomic mass is 35.5. The van der Waals surface area contributed by atoms with Gasteiger partial charge in [-0.05, 0) is 55.5 Å². The molecule has 2 aromatic carbocycles. The zero-order chi connectivity index (χ0) is 18.5. The van der Waals surface area contributed by atoms with Gasteiger partial charge in [0, 0.05) is 29.4 Å². The number of carboxylic acid groups (broad SMARTS) is 1. The van der Waals surface area contributed by atoms with Gasteiger partial charge in [-0.2, -0.15) is 0 Å². The third-order valence-corrected chi connectivity index (χ3v) is 4.79. The van der Waals surface area contributed by atoms with Crippen LogP contribution in [0.1, 0.15) is 30.9 Å². The lowest BCUT2D eigenvalue weighted by molar-refractivity contribution is -0.136. The van der Waals surface area contributed by atoms with Crippen LogP contribution < -0.4 is 9.64 Å². The summed E-state index contributed by atoms with van der Waals surface area (Å²) in [6.07, 6.45) is 2.57. The Labute approximate surface area is 159 Å². The minimum absolute atomic E-state index is 0.0536. The van der Waals surface area contributed by atoms with E-state index in [0.717, 1.165) is 30.3 Å². The molecule has 0 radical (unpaired) electrons. The Bertz CT molecular complexity index is 774. The quantitative estimate of drug-likeness (QED) is 0.687. The molecule has 3 rings (SSSR count). The molecule has 1 saturated carbocycles. The van der Waals surface area contributed by atoms with Crippen molar-refractivity contribution >= 4 is 23.3 Å². The summed E-state index contributed by atoms with van der Waals surface area (Å²) in [7, 11) is 0. The standard InChI is InChI=1S/C21H24ClNO3/c1-2-23(13-15-7-8-15)19-10-16(9-18(22)12-19)14-26-20-6-4-3-5-17(20)11-21(24)25/h3-6,9-10,12,15H,2,7-8,11,13-14H2,1H3,(H,24,25). The summed E-state index contributed by atoms with van der Waals surface area (Å²) >= 11 is 6.33. The van der Waals surface area contributed by atoms with Gasteiger partial charge < -0.3 is 14.7 Å². The van der Waals surface area contributed by atoms with Crippen LogP contribution in [-0.2, 0) is 17.8 Å². The van der Waals surface area contributed by atoms with E-state index in [-0.39, 0.29) is 6.42 Å². The molecule has 0 aromatic heterocycles. The Morgan fingerprint density at radius 1 is 1.27 bits per heavy atom. The molecule has 1 N–H and O–H groups in total. The molecule has 0 spiro atoms. The van der Waals surface area contributed by atoms with Gasteiger partial charge in [0.15, 0.2) is 0 Å². The minimum atomic E-state index is -0.871. The number of halogens is 1. The van der Waals surface area contributed by atoms with E-state index in [1.165, 1.54) is 12.8 Å². The summed E-state index contributed by atoms with van der Waals surface area (Å²) in [5, 5.41) is 9.73. The van der Waals surface area contributed by atoms with E-state index in [1.54, 1.807) is 12.1 Å². The minimum Gasteiger partial charge on any atom is -0.489 e. The third-order valence-electron chi connectivity index (χ3n) is 4.57. The van der Waals surface area contributed by atoms with Gasteiger partial charge in [0.2, 0.25) is 0 Å². The van der Waals surface area contributed by atoms with Crippen molar-refractivity contribution in [2.24, 2.45) is 5.92 Å². The predicted molar refractivity (Wildman–Crippen MR) is 104 cm³/mol. The van der Waals surface area contributed by atoms with Gasteiger partial charge in [0.05, 0.1) is 6.42 Å². The molecule has 1 aliphatic rings. The first-order valence-electron chi connectivity index (χ1n) is 9.02. The van der Waals surface area contributed by atoms with Gasteiger partial charge in [-0.15, -0.1) is 0 Å². The van der Waals surface area contributed by atoms with Crippen LogP contribution in [0.15, 0.2) is 42.5 Å². The van der Waals surface area contributed by atoms with Crippen LogP contribution in [0.25, 0.3) is 0 Å². The molecule has 0 aliphatic heterocycles. The SMILES string of the molecule is CCN(CC1CC1)c1cc(Cl)cc(COc2ccccc2CC(=O)O)c1. The molecule has 0 heterocycles. The van der Waals surface area contributed by atoms with E-state index in [0.29, 0.717) is 22.9 Å². The van der Waals surface area contributed by atoms with Gasteiger partial charge >= 0.3 is 5.97 Å². The monoisotopic (exact) mass is 373 g/mol. The van der Waals surface area contributed by atoms with Crippen molar-refractivity contribution in [2.75, 3.05) is 18.0 Å². The normalized spacial score (nSPS) is 13.5. The molecule has 0 amide bonds. The number of anilines is 1. The Kier molecular flexibility index (Phi) is 6.04. The maximum absolute atomic E-state index is 11.0. The lowest BCUT2D eigenvalue weighted by Gasteiger charge is -2.24. The lowest BCUT2D eigenvalue weighted by Crippen LogP contribution is -2.25. The van der Waals surface area contributed by atoms with Crippen molar-refractivity contribution in [3.63, 3.8) is 0 Å². The number of carboxylic acids is 1. The van der Waals surface area contributed by atoms with Crippen LogP contribution in [0.5, 0.6) is 5.75 Å². The van der Waals surface area contributed by atoms with Crippen LogP contribution in [0, 0.1) is 5.92 Å². The Balaban J connectivity index is 1.73. The summed E-state index contributed by atoms with van der Waals surface area (Å²) < 4.78 is 5.90. The fourth-order valence-electron chi connectivity index (χ4n) is 3.04. The van der Waals surface area contributed by atoms with Gasteiger partial charge in [0.1, 0.15) is 12.4 Å². The van der Waals surface area contributed by atoms with Gasteiger partial charge in [-0.1, -0.05) is 29.8 Å². The molecule has 26 heavy (non-hydrogen) atoms. The number of aliphatic carboxylic acids is 1. The van der Waals surface area contributed by atoms with Gasteiger partial charge in [-0.3, -0.25) is 4.79 Å². The van der Waals surface area contributed by atoms with Crippen LogP contribution in [-0.4, -0.2) is 24.2 Å². The number of rotatable bonds is 9. The number of nitrogens with zero attached hydrogens (tertiary/aromatic N) is 1. The number of carbonyl (C=O) groups is 1. The molecule has 4 nitrogen and oxygen atoms in total. The molecule has 5 heteroatoms. The van der Waals surface area contributed by atoms with E-state index < -0.39 is 5.97 Å². The number of para-hydroxylation sites is 1. The molecule has 0 atom stereocenters. The molecule has 0 bridgehead atoms. The average Bonchev–Trinajstić information content (AvgIpc) is 3.42. The Hall–Kier alpha value is -2.20. The summed E-state index contributed by atoms with van der Waals surface area (Å²) in [4.78, 5) is 13.4. The van der Waals surface area contributed by atoms with Crippen molar-refractivity contribution in [1.82, 2.24) is 0 Å². The van der Waals surface area contributed by atoms with E-state index >= 15 is 0 Å². The zero-order valence-electron chi connectivity index (χ0n) is 15.0. The second-order valence-corrected chi connectivity index (χ2v) is 7.20. The molecule has 0 saturated heterocycles. The smallest absolute Gasteiger partial charge is 0.307 e. The number of benzene rings is 2. The van der Waals surface area contributed by atoms with Crippen LogP contribution in [0.2, 0.25) is 5.02 Å². The Morgan fingerprint density at radius 2 is 2.04 bits per heavy atom. The third kappa shape index (κ3) is 5.15. The fraction of sp³-hybridized carbons (Fsp3) is 0.381. The second kappa shape index (κ2) is 8.45. The van der Waals surface area contributed by atoms with Crippen molar-refractivity contribution < 1.29 is 14.6 Å². The Morgan fingerprint density at radius 3 is 2.73 bits per heavy atom. The average molecular weight is 374 g/mol. The maximum Gasteiger partial charge on any atom is 0.307 e. The van der Waals surface area contributed by atoms with E-state index in [4.69, 9.17) is 21.4 Å². The molecule has 1 fully saturated rings. The maximum atomic E-state index is 11.0.